The van der Waals surface area contributed by atoms with E-state index in [2.05, 4.69) is 15.0 Å². The van der Waals surface area contributed by atoms with Crippen LogP contribution in [0.25, 0.3) is 10.2 Å². The molecular weight excluding hydrogens is 499 g/mol. The van der Waals surface area contributed by atoms with Gasteiger partial charge in [0.25, 0.3) is 0 Å². The van der Waals surface area contributed by atoms with Crippen LogP contribution >= 0.6 is 11.3 Å². The van der Waals surface area contributed by atoms with Crippen molar-refractivity contribution >= 4 is 43.2 Å². The molecule has 0 spiro atoms. The summed E-state index contributed by atoms with van der Waals surface area (Å²) < 4.78 is 67.7. The number of hydrogen-bond acceptors (Lipinski definition) is 8. The van der Waals surface area contributed by atoms with Gasteiger partial charge in [0, 0.05) is 31.7 Å². The van der Waals surface area contributed by atoms with E-state index in [-0.39, 0.29) is 45.7 Å². The third-order valence-corrected chi connectivity index (χ3v) is 10.7. The van der Waals surface area contributed by atoms with Crippen LogP contribution in [0.2, 0.25) is 0 Å². The number of anilines is 2. The molecule has 0 bridgehead atoms. The summed E-state index contributed by atoms with van der Waals surface area (Å²) >= 11 is 1.18. The second-order valence-corrected chi connectivity index (χ2v) is 13.0. The molecule has 3 fully saturated rings. The molecule has 1 aromatic carbocycles. The molecule has 3 aromatic rings. The van der Waals surface area contributed by atoms with Gasteiger partial charge in [-0.15, -0.1) is 11.3 Å². The van der Waals surface area contributed by atoms with Crippen molar-refractivity contribution in [2.75, 3.05) is 35.2 Å². The fourth-order valence-corrected chi connectivity index (χ4v) is 8.54. The first-order valence-electron chi connectivity index (χ1n) is 11.7. The number of halogens is 3. The summed E-state index contributed by atoms with van der Waals surface area (Å²) in [5, 5.41) is 0. The molecule has 3 aliphatic rings. The zero-order chi connectivity index (χ0) is 24.5. The molecule has 35 heavy (non-hydrogen) atoms. The monoisotopic (exact) mass is 523 g/mol. The van der Waals surface area contributed by atoms with Gasteiger partial charge in [-0.1, -0.05) is 12.1 Å². The average Bonchev–Trinajstić information content (AvgIpc) is 3.29. The van der Waals surface area contributed by atoms with E-state index < -0.39 is 21.7 Å². The molecule has 1 saturated carbocycles. The zero-order valence-electron chi connectivity index (χ0n) is 18.9. The minimum Gasteiger partial charge on any atom is -0.356 e. The van der Waals surface area contributed by atoms with Gasteiger partial charge in [0.2, 0.25) is 20.1 Å². The number of fused-ring (bicyclic) bond motifs is 2. The van der Waals surface area contributed by atoms with E-state index in [9.17, 15) is 21.6 Å². The van der Waals surface area contributed by atoms with Crippen LogP contribution in [-0.2, 0) is 16.0 Å². The second-order valence-electron chi connectivity index (χ2n) is 9.72. The minimum atomic E-state index is -4.56. The molecule has 2 unspecified atom stereocenters. The number of rotatable bonds is 5. The lowest BCUT2D eigenvalue weighted by molar-refractivity contribution is -0.141. The van der Waals surface area contributed by atoms with Crippen molar-refractivity contribution in [2.45, 2.75) is 36.3 Å². The molecule has 2 aliphatic heterocycles. The van der Waals surface area contributed by atoms with Crippen LogP contribution in [0.1, 0.15) is 25.5 Å². The summed E-state index contributed by atoms with van der Waals surface area (Å²) in [5.41, 5.74) is -0.266. The van der Waals surface area contributed by atoms with Gasteiger partial charge in [-0.2, -0.15) is 18.2 Å². The fraction of sp³-hybridized carbons (Fsp3) is 0.522. The van der Waals surface area contributed by atoms with Gasteiger partial charge in [-0.3, -0.25) is 0 Å². The quantitative estimate of drug-likeness (QED) is 0.495. The lowest BCUT2D eigenvalue weighted by Crippen LogP contribution is -2.31. The smallest absolute Gasteiger partial charge is 0.356 e. The molecule has 6 rings (SSSR count). The average molecular weight is 524 g/mol. The molecule has 0 radical (unpaired) electrons. The molecule has 2 saturated heterocycles. The molecular formula is C23H24F3N5O2S2. The highest BCUT2D eigenvalue weighted by atomic mass is 32.2. The number of sulfone groups is 1. The predicted molar refractivity (Wildman–Crippen MR) is 127 cm³/mol. The first kappa shape index (κ1) is 23.0. The van der Waals surface area contributed by atoms with E-state index in [4.69, 9.17) is 0 Å². The Kier molecular flexibility index (Phi) is 5.26. The number of alkyl halides is 3. The van der Waals surface area contributed by atoms with E-state index in [1.54, 1.807) is 6.07 Å². The van der Waals surface area contributed by atoms with Crippen molar-refractivity contribution in [3.8, 4) is 0 Å². The number of thiazole rings is 1. The van der Waals surface area contributed by atoms with Crippen molar-refractivity contribution in [2.24, 2.45) is 17.8 Å². The van der Waals surface area contributed by atoms with Gasteiger partial charge in [0.1, 0.15) is 5.82 Å². The maximum Gasteiger partial charge on any atom is 0.433 e. The fourth-order valence-electron chi connectivity index (χ4n) is 5.48. The van der Waals surface area contributed by atoms with E-state index in [1.807, 2.05) is 34.9 Å². The minimum absolute atomic E-state index is 0.00902. The second kappa shape index (κ2) is 8.02. The van der Waals surface area contributed by atoms with E-state index >= 15 is 0 Å². The first-order valence-corrected chi connectivity index (χ1v) is 14.1. The number of nitrogens with zero attached hydrogens (tertiary/aromatic N) is 5. The van der Waals surface area contributed by atoms with E-state index in [0.717, 1.165) is 23.6 Å². The summed E-state index contributed by atoms with van der Waals surface area (Å²) in [7, 11) is -3.53. The topological polar surface area (TPSA) is 79.3 Å². The van der Waals surface area contributed by atoms with Crippen LogP contribution in [-0.4, -0.2) is 54.8 Å². The lowest BCUT2D eigenvalue weighted by atomic mass is 10.2. The molecule has 4 heterocycles. The maximum absolute atomic E-state index is 13.6. The van der Waals surface area contributed by atoms with Gasteiger partial charge in [0.05, 0.1) is 16.0 Å². The van der Waals surface area contributed by atoms with E-state index in [0.29, 0.717) is 25.2 Å². The Hall–Kier alpha value is -2.47. The standard InChI is InChI=1S/C23H24F3N5O2S2/c1-13-5-4-8-31(13)21-28-19(23(24,25)26)9-20(29-21)30-10-14-15(11-30)16(14)12-35(32,33)22-27-17-6-2-3-7-18(17)34-22/h2-3,6-7,9,13-16H,4-5,8,10-12H2,1H3/t13-,14?,15?,16?/m0/s1. The molecule has 0 amide bonds. The van der Waals surface area contributed by atoms with Gasteiger partial charge < -0.3 is 9.80 Å². The predicted octanol–water partition coefficient (Wildman–Crippen LogP) is 4.25. The van der Waals surface area contributed by atoms with E-state index in [1.165, 1.54) is 11.3 Å². The van der Waals surface area contributed by atoms with Crippen LogP contribution in [0.3, 0.4) is 0 Å². The molecule has 0 N–H and O–H groups in total. The van der Waals surface area contributed by atoms with Gasteiger partial charge in [0.15, 0.2) is 5.69 Å². The summed E-state index contributed by atoms with van der Waals surface area (Å²) in [6.45, 7) is 3.60. The Balaban J connectivity index is 1.18. The van der Waals surface area contributed by atoms with Gasteiger partial charge in [-0.05, 0) is 49.7 Å². The molecule has 1 aliphatic carbocycles. The normalized spacial score (nSPS) is 26.5. The van der Waals surface area contributed by atoms with Crippen LogP contribution in [0.5, 0.6) is 0 Å². The molecule has 3 atom stereocenters. The Morgan fingerprint density at radius 3 is 2.51 bits per heavy atom. The number of hydrogen-bond donors (Lipinski definition) is 0. The van der Waals surface area contributed by atoms with Crippen molar-refractivity contribution < 1.29 is 21.6 Å². The molecule has 12 heteroatoms. The van der Waals surface area contributed by atoms with Crippen LogP contribution in [0.15, 0.2) is 34.7 Å². The van der Waals surface area contributed by atoms with Crippen molar-refractivity contribution in [1.82, 2.24) is 15.0 Å². The highest BCUT2D eigenvalue weighted by Gasteiger charge is 2.57. The Bertz CT molecular complexity index is 1350. The molecule has 7 nitrogen and oxygen atoms in total. The van der Waals surface area contributed by atoms with Crippen molar-refractivity contribution in [3.63, 3.8) is 0 Å². The summed E-state index contributed by atoms with van der Waals surface area (Å²) in [6, 6.07) is 8.43. The Morgan fingerprint density at radius 1 is 1.11 bits per heavy atom. The summed E-state index contributed by atoms with van der Waals surface area (Å²) in [6.07, 6.45) is -2.77. The lowest BCUT2D eigenvalue weighted by Gasteiger charge is -2.26. The molecule has 186 valence electrons. The van der Waals surface area contributed by atoms with Crippen molar-refractivity contribution in [3.05, 3.63) is 36.0 Å². The largest absolute Gasteiger partial charge is 0.433 e. The van der Waals surface area contributed by atoms with Crippen molar-refractivity contribution in [1.29, 1.82) is 0 Å². The summed E-state index contributed by atoms with van der Waals surface area (Å²) in [4.78, 5) is 16.3. The highest BCUT2D eigenvalue weighted by molar-refractivity contribution is 7.93. The number of piperidine rings is 1. The highest BCUT2D eigenvalue weighted by Crippen LogP contribution is 2.53. The zero-order valence-corrected chi connectivity index (χ0v) is 20.6. The molecule has 2 aromatic heterocycles. The Labute approximate surface area is 204 Å². The summed E-state index contributed by atoms with van der Waals surface area (Å²) in [5.74, 6) is 0.640. The van der Waals surface area contributed by atoms with Gasteiger partial charge >= 0.3 is 6.18 Å². The first-order chi connectivity index (χ1) is 16.6. The SMILES string of the molecule is C[C@H]1CCCN1c1nc(N2CC3C(C2)C3CS(=O)(=O)c2nc3ccccc3s2)cc(C(F)(F)F)n1. The van der Waals surface area contributed by atoms with Crippen LogP contribution in [0, 0.1) is 17.8 Å². The van der Waals surface area contributed by atoms with Gasteiger partial charge in [-0.25, -0.2) is 18.4 Å². The third-order valence-electron chi connectivity index (χ3n) is 7.45. The number of benzene rings is 1. The Morgan fingerprint density at radius 2 is 1.86 bits per heavy atom. The number of para-hydroxylation sites is 1. The van der Waals surface area contributed by atoms with Crippen LogP contribution < -0.4 is 9.80 Å². The number of aromatic nitrogens is 3. The third kappa shape index (κ3) is 4.14. The van der Waals surface area contributed by atoms with Crippen LogP contribution in [0.4, 0.5) is 24.9 Å². The maximum atomic E-state index is 13.6.